The third kappa shape index (κ3) is 2.10. The Morgan fingerprint density at radius 2 is 1.87 bits per heavy atom. The Hall–Kier alpha value is -2.17. The summed E-state index contributed by atoms with van der Waals surface area (Å²) >= 11 is 0. The molecule has 0 spiro atoms. The van der Waals surface area contributed by atoms with Crippen LogP contribution in [-0.2, 0) is 12.3 Å². The van der Waals surface area contributed by atoms with E-state index in [1.807, 2.05) is 41.3 Å². The Labute approximate surface area is 136 Å². The fraction of sp³-hybridized carbons (Fsp3) is 0.316. The lowest BCUT2D eigenvalue weighted by Gasteiger charge is -2.34. The molecule has 0 amide bonds. The minimum Gasteiger partial charge on any atom is -0.363 e. The smallest absolute Gasteiger partial charge is 0.193 e. The summed E-state index contributed by atoms with van der Waals surface area (Å²) in [6.07, 6.45) is 0. The molecule has 2 aliphatic rings. The zero-order valence-corrected chi connectivity index (χ0v) is 13.5. The Morgan fingerprint density at radius 1 is 1.13 bits per heavy atom. The largest absolute Gasteiger partial charge is 0.363 e. The lowest BCUT2D eigenvalue weighted by Crippen LogP contribution is -2.43. The summed E-state index contributed by atoms with van der Waals surface area (Å²) < 4.78 is 0. The summed E-state index contributed by atoms with van der Waals surface area (Å²) in [5, 5.41) is 11.6. The van der Waals surface area contributed by atoms with Gasteiger partial charge < -0.3 is 14.9 Å². The van der Waals surface area contributed by atoms with Gasteiger partial charge in [0.25, 0.3) is 0 Å². The van der Waals surface area contributed by atoms with Crippen molar-refractivity contribution >= 4 is 5.84 Å². The number of hydrogen-bond donors (Lipinski definition) is 1. The summed E-state index contributed by atoms with van der Waals surface area (Å²) in [5.74, 6) is 0.917. The maximum atomic E-state index is 11.6. The third-order valence-corrected chi connectivity index (χ3v) is 4.63. The number of fused-ring (bicyclic) bond motifs is 3. The molecule has 0 unspecified atom stereocenters. The Kier molecular flexibility index (Phi) is 3.25. The van der Waals surface area contributed by atoms with Crippen molar-refractivity contribution in [3.8, 4) is 0 Å². The SMILES string of the molecule is CN(C)Cc1ccc([C@@]2(O)c3ccccc3C3=NCCN32)cc1. The first kappa shape index (κ1) is 14.4. The van der Waals surface area contributed by atoms with E-state index in [0.29, 0.717) is 0 Å². The number of rotatable bonds is 3. The topological polar surface area (TPSA) is 39.1 Å². The van der Waals surface area contributed by atoms with Gasteiger partial charge in [-0.15, -0.1) is 0 Å². The summed E-state index contributed by atoms with van der Waals surface area (Å²) in [5.41, 5.74) is 3.01. The molecule has 4 heteroatoms. The molecule has 4 nitrogen and oxygen atoms in total. The van der Waals surface area contributed by atoms with Gasteiger partial charge in [0, 0.05) is 29.8 Å². The van der Waals surface area contributed by atoms with Crippen molar-refractivity contribution in [2.24, 2.45) is 4.99 Å². The second-order valence-electron chi connectivity index (χ2n) is 6.51. The monoisotopic (exact) mass is 307 g/mol. The number of hydrogen-bond acceptors (Lipinski definition) is 4. The molecule has 0 aliphatic carbocycles. The van der Waals surface area contributed by atoms with Crippen LogP contribution in [-0.4, -0.2) is 47.9 Å². The molecule has 1 atom stereocenters. The van der Waals surface area contributed by atoms with Gasteiger partial charge in [-0.25, -0.2) is 0 Å². The van der Waals surface area contributed by atoms with E-state index in [1.165, 1.54) is 5.56 Å². The second kappa shape index (κ2) is 5.18. The number of amidine groups is 1. The van der Waals surface area contributed by atoms with E-state index in [9.17, 15) is 5.11 Å². The van der Waals surface area contributed by atoms with Crippen LogP contribution in [0, 0.1) is 0 Å². The van der Waals surface area contributed by atoms with E-state index in [1.54, 1.807) is 0 Å². The molecule has 4 rings (SSSR count). The van der Waals surface area contributed by atoms with Crippen molar-refractivity contribution in [2.45, 2.75) is 12.3 Å². The van der Waals surface area contributed by atoms with Crippen molar-refractivity contribution in [2.75, 3.05) is 27.2 Å². The molecule has 1 N–H and O–H groups in total. The Bertz CT molecular complexity index is 766. The van der Waals surface area contributed by atoms with E-state index >= 15 is 0 Å². The molecule has 0 saturated carbocycles. The molecule has 2 aromatic carbocycles. The van der Waals surface area contributed by atoms with Crippen molar-refractivity contribution in [3.63, 3.8) is 0 Å². The molecule has 2 heterocycles. The van der Waals surface area contributed by atoms with Gasteiger partial charge in [0.1, 0.15) is 5.84 Å². The minimum absolute atomic E-state index is 0.741. The average molecular weight is 307 g/mol. The van der Waals surface area contributed by atoms with E-state index in [0.717, 1.165) is 42.2 Å². The third-order valence-electron chi connectivity index (χ3n) is 4.63. The molecule has 2 aromatic rings. The molecular formula is C19H21N3O. The van der Waals surface area contributed by atoms with Gasteiger partial charge >= 0.3 is 0 Å². The van der Waals surface area contributed by atoms with Crippen LogP contribution < -0.4 is 0 Å². The van der Waals surface area contributed by atoms with Crippen molar-refractivity contribution < 1.29 is 5.11 Å². The Balaban J connectivity index is 1.79. The first-order valence-electron chi connectivity index (χ1n) is 7.99. The maximum Gasteiger partial charge on any atom is 0.193 e. The predicted molar refractivity (Wildman–Crippen MR) is 91.4 cm³/mol. The number of aliphatic imine (C=N–C) groups is 1. The van der Waals surface area contributed by atoms with E-state index in [-0.39, 0.29) is 0 Å². The molecule has 2 aliphatic heterocycles. The fourth-order valence-corrected chi connectivity index (χ4v) is 3.64. The van der Waals surface area contributed by atoms with Crippen molar-refractivity contribution in [1.29, 1.82) is 0 Å². The summed E-state index contributed by atoms with van der Waals surface area (Å²) in [4.78, 5) is 8.76. The highest BCUT2D eigenvalue weighted by Gasteiger charge is 2.49. The van der Waals surface area contributed by atoms with Gasteiger partial charge in [-0.1, -0.05) is 48.5 Å². The van der Waals surface area contributed by atoms with Gasteiger partial charge in [-0.3, -0.25) is 4.99 Å². The van der Waals surface area contributed by atoms with E-state index in [4.69, 9.17) is 0 Å². The van der Waals surface area contributed by atoms with Crippen LogP contribution >= 0.6 is 0 Å². The summed E-state index contributed by atoms with van der Waals surface area (Å²) in [6, 6.07) is 16.3. The van der Waals surface area contributed by atoms with Gasteiger partial charge in [0.2, 0.25) is 0 Å². The minimum atomic E-state index is -1.11. The van der Waals surface area contributed by atoms with Crippen LogP contribution in [0.15, 0.2) is 53.5 Å². The number of nitrogens with zero attached hydrogens (tertiary/aromatic N) is 3. The molecule has 23 heavy (non-hydrogen) atoms. The predicted octanol–water partition coefficient (Wildman–Crippen LogP) is 2.02. The van der Waals surface area contributed by atoms with Crippen molar-refractivity contribution in [1.82, 2.24) is 9.80 Å². The Morgan fingerprint density at radius 3 is 2.61 bits per heavy atom. The standard InChI is InChI=1S/C19H21N3O/c1-21(2)13-14-7-9-15(10-8-14)19(23)17-6-4-3-5-16(17)18-20-11-12-22(18)19/h3-10,23H,11-13H2,1-2H3/t19-/m1/s1. The quantitative estimate of drug-likeness (QED) is 0.943. The van der Waals surface area contributed by atoms with Gasteiger partial charge in [-0.2, -0.15) is 0 Å². The molecule has 0 saturated heterocycles. The average Bonchev–Trinajstić information content (AvgIpc) is 3.11. The summed E-state index contributed by atoms with van der Waals surface area (Å²) in [7, 11) is 4.11. The molecule has 0 fully saturated rings. The van der Waals surface area contributed by atoms with Crippen LogP contribution in [0.3, 0.4) is 0 Å². The fourth-order valence-electron chi connectivity index (χ4n) is 3.64. The van der Waals surface area contributed by atoms with Gasteiger partial charge in [-0.05, 0) is 19.7 Å². The second-order valence-corrected chi connectivity index (χ2v) is 6.51. The molecule has 0 radical (unpaired) electrons. The maximum absolute atomic E-state index is 11.6. The highest BCUT2D eigenvalue weighted by atomic mass is 16.3. The zero-order valence-electron chi connectivity index (χ0n) is 13.5. The van der Waals surface area contributed by atoms with Crippen LogP contribution in [0.4, 0.5) is 0 Å². The van der Waals surface area contributed by atoms with Crippen LogP contribution in [0.1, 0.15) is 22.3 Å². The number of aliphatic hydroxyl groups is 1. The van der Waals surface area contributed by atoms with Crippen LogP contribution in [0.2, 0.25) is 0 Å². The lowest BCUT2D eigenvalue weighted by molar-refractivity contribution is -0.0242. The van der Waals surface area contributed by atoms with Crippen LogP contribution in [0.25, 0.3) is 0 Å². The van der Waals surface area contributed by atoms with E-state index in [2.05, 4.69) is 36.1 Å². The number of benzene rings is 2. The van der Waals surface area contributed by atoms with Crippen LogP contribution in [0.5, 0.6) is 0 Å². The first-order chi connectivity index (χ1) is 11.1. The zero-order chi connectivity index (χ0) is 16.0. The molecular weight excluding hydrogens is 286 g/mol. The molecule has 0 bridgehead atoms. The highest BCUT2D eigenvalue weighted by molar-refractivity contribution is 6.05. The van der Waals surface area contributed by atoms with Gasteiger partial charge in [0.05, 0.1) is 6.54 Å². The van der Waals surface area contributed by atoms with Crippen molar-refractivity contribution in [3.05, 3.63) is 70.8 Å². The normalized spacial score (nSPS) is 22.3. The van der Waals surface area contributed by atoms with Gasteiger partial charge in [0.15, 0.2) is 5.72 Å². The summed E-state index contributed by atoms with van der Waals surface area (Å²) in [6.45, 7) is 2.39. The highest BCUT2D eigenvalue weighted by Crippen LogP contribution is 2.43. The molecule has 118 valence electrons. The lowest BCUT2D eigenvalue weighted by atomic mass is 9.93. The molecule has 0 aromatic heterocycles. The van der Waals surface area contributed by atoms with E-state index < -0.39 is 5.72 Å². The first-order valence-corrected chi connectivity index (χ1v) is 7.99.